The second-order valence-corrected chi connectivity index (χ2v) is 6.02. The van der Waals surface area contributed by atoms with Crippen LogP contribution in [-0.2, 0) is 20.9 Å². The van der Waals surface area contributed by atoms with E-state index in [2.05, 4.69) is 5.32 Å². The third-order valence-corrected chi connectivity index (χ3v) is 3.95. The Balaban J connectivity index is 1.86. The maximum atomic E-state index is 13.1. The fourth-order valence-electron chi connectivity index (χ4n) is 2.22. The Morgan fingerprint density at radius 1 is 1.26 bits per heavy atom. The van der Waals surface area contributed by atoms with E-state index in [9.17, 15) is 14.0 Å². The number of nitrogens with one attached hydrogen (secondary N) is 1. The van der Waals surface area contributed by atoms with Crippen LogP contribution in [0, 0.1) is 5.82 Å². The highest BCUT2D eigenvalue weighted by Gasteiger charge is 2.16. The number of benzene rings is 2. The number of ether oxygens (including phenoxy) is 2. The van der Waals surface area contributed by atoms with Gasteiger partial charge in [0.2, 0.25) is 0 Å². The van der Waals surface area contributed by atoms with Gasteiger partial charge in [-0.25, -0.2) is 9.18 Å². The average molecular weight is 392 g/mol. The van der Waals surface area contributed by atoms with Crippen LogP contribution in [0.3, 0.4) is 0 Å². The van der Waals surface area contributed by atoms with Gasteiger partial charge in [-0.05, 0) is 36.8 Å². The number of carbonyl (C=O) groups is 2. The predicted molar refractivity (Wildman–Crippen MR) is 101 cm³/mol. The topological polar surface area (TPSA) is 64.6 Å². The summed E-state index contributed by atoms with van der Waals surface area (Å²) in [6.45, 7) is 1.71. The second kappa shape index (κ2) is 9.73. The first kappa shape index (κ1) is 20.5. The zero-order chi connectivity index (χ0) is 19.8. The van der Waals surface area contributed by atoms with E-state index in [1.165, 1.54) is 31.2 Å². The van der Waals surface area contributed by atoms with E-state index in [-0.39, 0.29) is 11.6 Å². The number of para-hydroxylation sites is 1. The Kier molecular flexibility index (Phi) is 7.37. The number of hydrogen-bond donors (Lipinski definition) is 1. The predicted octanol–water partition coefficient (Wildman–Crippen LogP) is 3.75. The molecular formula is C20H19ClFNO4. The number of rotatable bonds is 7. The molecule has 0 saturated carbocycles. The third kappa shape index (κ3) is 6.11. The Labute approximate surface area is 161 Å². The average Bonchev–Trinajstić information content (AvgIpc) is 2.67. The molecule has 1 atom stereocenters. The lowest BCUT2D eigenvalue weighted by molar-refractivity contribution is -0.150. The number of amides is 1. The molecule has 0 aliphatic rings. The maximum Gasteiger partial charge on any atom is 0.331 e. The van der Waals surface area contributed by atoms with Gasteiger partial charge >= 0.3 is 5.97 Å². The highest BCUT2D eigenvalue weighted by molar-refractivity contribution is 6.30. The van der Waals surface area contributed by atoms with Crippen molar-refractivity contribution in [3.8, 4) is 5.75 Å². The van der Waals surface area contributed by atoms with Crippen molar-refractivity contribution in [2.24, 2.45) is 0 Å². The summed E-state index contributed by atoms with van der Waals surface area (Å²) in [5.74, 6) is -1.03. The minimum absolute atomic E-state index is 0.0467. The van der Waals surface area contributed by atoms with E-state index in [1.807, 2.05) is 18.2 Å². The summed E-state index contributed by atoms with van der Waals surface area (Å²) < 4.78 is 23.4. The minimum atomic E-state index is -0.978. The molecule has 0 aromatic heterocycles. The number of hydrogen-bond acceptors (Lipinski definition) is 4. The van der Waals surface area contributed by atoms with Crippen molar-refractivity contribution >= 4 is 29.6 Å². The second-order valence-electron chi connectivity index (χ2n) is 5.62. The zero-order valence-electron chi connectivity index (χ0n) is 14.9. The van der Waals surface area contributed by atoms with Gasteiger partial charge < -0.3 is 14.8 Å². The Morgan fingerprint density at radius 2 is 2.00 bits per heavy atom. The minimum Gasteiger partial charge on any atom is -0.496 e. The molecule has 0 heterocycles. The molecule has 7 heteroatoms. The molecule has 2 aromatic carbocycles. The molecule has 0 aliphatic carbocycles. The van der Waals surface area contributed by atoms with E-state index >= 15 is 0 Å². The zero-order valence-corrected chi connectivity index (χ0v) is 15.6. The Morgan fingerprint density at radius 3 is 2.70 bits per heavy atom. The van der Waals surface area contributed by atoms with E-state index in [0.29, 0.717) is 11.3 Å². The standard InChI is InChI=1S/C20H19ClFNO4/c1-13(20(25)23-12-15-5-3-4-6-18(15)26-2)27-19(24)10-8-14-7-9-17(22)16(21)11-14/h3-11,13H,12H2,1-2H3,(H,23,25)/b10-8+/t13-/m1/s1. The quantitative estimate of drug-likeness (QED) is 0.576. The number of carbonyl (C=O) groups excluding carboxylic acids is 2. The van der Waals surface area contributed by atoms with Crippen LogP contribution in [0.15, 0.2) is 48.5 Å². The Bertz CT molecular complexity index is 854. The van der Waals surface area contributed by atoms with E-state index in [1.54, 1.807) is 13.2 Å². The highest BCUT2D eigenvalue weighted by Crippen LogP contribution is 2.17. The first-order valence-corrected chi connectivity index (χ1v) is 8.52. The molecule has 0 aliphatic heterocycles. The molecule has 1 N–H and O–H groups in total. The van der Waals surface area contributed by atoms with Gasteiger partial charge in [0, 0.05) is 18.2 Å². The van der Waals surface area contributed by atoms with E-state index in [4.69, 9.17) is 21.1 Å². The van der Waals surface area contributed by atoms with Crippen molar-refractivity contribution in [2.45, 2.75) is 19.6 Å². The van der Waals surface area contributed by atoms with Gasteiger partial charge in [0.25, 0.3) is 5.91 Å². The Hall–Kier alpha value is -2.86. The first-order valence-electron chi connectivity index (χ1n) is 8.14. The van der Waals surface area contributed by atoms with Gasteiger partial charge in [0.1, 0.15) is 11.6 Å². The van der Waals surface area contributed by atoms with Gasteiger partial charge in [-0.1, -0.05) is 35.9 Å². The fourth-order valence-corrected chi connectivity index (χ4v) is 2.41. The van der Waals surface area contributed by atoms with Gasteiger partial charge in [0.15, 0.2) is 6.10 Å². The van der Waals surface area contributed by atoms with Crippen molar-refractivity contribution in [1.29, 1.82) is 0 Å². The SMILES string of the molecule is COc1ccccc1CNC(=O)[C@@H](C)OC(=O)/C=C/c1ccc(F)c(Cl)c1. The van der Waals surface area contributed by atoms with Crippen molar-refractivity contribution in [1.82, 2.24) is 5.32 Å². The lowest BCUT2D eigenvalue weighted by atomic mass is 10.2. The maximum absolute atomic E-state index is 13.1. The molecule has 2 rings (SSSR count). The third-order valence-electron chi connectivity index (χ3n) is 3.66. The molecule has 0 bridgehead atoms. The van der Waals surface area contributed by atoms with E-state index in [0.717, 1.165) is 11.6 Å². The smallest absolute Gasteiger partial charge is 0.331 e. The van der Waals surface area contributed by atoms with Gasteiger partial charge in [-0.2, -0.15) is 0 Å². The molecule has 0 saturated heterocycles. The summed E-state index contributed by atoms with van der Waals surface area (Å²) in [4.78, 5) is 23.9. The number of esters is 1. The van der Waals surface area contributed by atoms with Crippen LogP contribution in [0.25, 0.3) is 6.08 Å². The lowest BCUT2D eigenvalue weighted by Crippen LogP contribution is -2.35. The molecule has 0 radical (unpaired) electrons. The van der Waals surface area contributed by atoms with Gasteiger partial charge in [0.05, 0.1) is 12.1 Å². The van der Waals surface area contributed by atoms with Crippen LogP contribution in [-0.4, -0.2) is 25.1 Å². The van der Waals surface area contributed by atoms with Crippen LogP contribution in [0.1, 0.15) is 18.1 Å². The number of methoxy groups -OCH3 is 1. The monoisotopic (exact) mass is 391 g/mol. The summed E-state index contributed by atoms with van der Waals surface area (Å²) in [6.07, 6.45) is 1.59. The molecule has 2 aromatic rings. The summed E-state index contributed by atoms with van der Waals surface area (Å²) in [5.41, 5.74) is 1.34. The summed E-state index contributed by atoms with van der Waals surface area (Å²) >= 11 is 5.67. The van der Waals surface area contributed by atoms with Crippen LogP contribution >= 0.6 is 11.6 Å². The van der Waals surface area contributed by atoms with Crippen molar-refractivity contribution in [3.05, 3.63) is 70.5 Å². The van der Waals surface area contributed by atoms with Crippen molar-refractivity contribution < 1.29 is 23.5 Å². The summed E-state index contributed by atoms with van der Waals surface area (Å²) in [6, 6.07) is 11.3. The molecule has 0 fully saturated rings. The van der Waals surface area contributed by atoms with E-state index < -0.39 is 23.8 Å². The van der Waals surface area contributed by atoms with Gasteiger partial charge in [-0.15, -0.1) is 0 Å². The molecule has 0 spiro atoms. The summed E-state index contributed by atoms with van der Waals surface area (Å²) in [7, 11) is 1.55. The molecule has 1 amide bonds. The van der Waals surface area contributed by atoms with Crippen LogP contribution < -0.4 is 10.1 Å². The summed E-state index contributed by atoms with van der Waals surface area (Å²) in [5, 5.41) is 2.64. The van der Waals surface area contributed by atoms with Crippen LogP contribution in [0.2, 0.25) is 5.02 Å². The van der Waals surface area contributed by atoms with Crippen molar-refractivity contribution in [2.75, 3.05) is 7.11 Å². The number of halogens is 2. The molecule has 142 valence electrons. The first-order chi connectivity index (χ1) is 12.9. The van der Waals surface area contributed by atoms with Crippen LogP contribution in [0.5, 0.6) is 5.75 Å². The largest absolute Gasteiger partial charge is 0.496 e. The fraction of sp³-hybridized carbons (Fsp3) is 0.200. The normalized spacial score (nSPS) is 11.9. The molecule has 5 nitrogen and oxygen atoms in total. The van der Waals surface area contributed by atoms with Crippen molar-refractivity contribution in [3.63, 3.8) is 0 Å². The lowest BCUT2D eigenvalue weighted by Gasteiger charge is -2.13. The molecule has 27 heavy (non-hydrogen) atoms. The van der Waals surface area contributed by atoms with Gasteiger partial charge in [-0.3, -0.25) is 4.79 Å². The highest BCUT2D eigenvalue weighted by atomic mass is 35.5. The van der Waals surface area contributed by atoms with Crippen LogP contribution in [0.4, 0.5) is 4.39 Å². The molecular weight excluding hydrogens is 373 g/mol. The molecule has 0 unspecified atom stereocenters.